The summed E-state index contributed by atoms with van der Waals surface area (Å²) in [6, 6.07) is 23.9. The Labute approximate surface area is 240 Å². The Morgan fingerprint density at radius 3 is 2.35 bits per heavy atom. The van der Waals surface area contributed by atoms with Gasteiger partial charge in [-0.05, 0) is 58.6 Å². The summed E-state index contributed by atoms with van der Waals surface area (Å²) in [4.78, 5) is 38.4. The van der Waals surface area contributed by atoms with Crippen molar-refractivity contribution in [2.45, 2.75) is 58.6 Å². The normalized spacial score (nSPS) is 13.9. The molecule has 0 saturated carbocycles. The Kier molecular flexibility index (Phi) is 10.6. The smallest absolute Gasteiger partial charge is 0.290 e. The second-order valence-electron chi connectivity index (χ2n) is 9.99. The van der Waals surface area contributed by atoms with Gasteiger partial charge in [0, 0.05) is 25.6 Å². The summed E-state index contributed by atoms with van der Waals surface area (Å²) in [5.74, 6) is 0.528. The van der Waals surface area contributed by atoms with Gasteiger partial charge in [-0.1, -0.05) is 93.3 Å². The molecule has 0 bridgehead atoms. The third kappa shape index (κ3) is 8.33. The summed E-state index contributed by atoms with van der Waals surface area (Å²) in [6.07, 6.45) is 7.84. The molecule has 0 atom stereocenters. The van der Waals surface area contributed by atoms with E-state index in [0.717, 1.165) is 58.2 Å². The van der Waals surface area contributed by atoms with Crippen molar-refractivity contribution < 1.29 is 19.1 Å². The minimum Gasteiger partial charge on any atom is -0.489 e. The molecular weight excluding hydrogens is 520 g/mol. The number of hydrogen-bond acceptors (Lipinski definition) is 5. The number of rotatable bonds is 13. The summed E-state index contributed by atoms with van der Waals surface area (Å²) >= 11 is 0.907. The fraction of sp³-hybridized carbons (Fsp3) is 0.303. The molecule has 7 heteroatoms. The van der Waals surface area contributed by atoms with E-state index in [-0.39, 0.29) is 17.1 Å². The van der Waals surface area contributed by atoms with Crippen molar-refractivity contribution in [3.63, 3.8) is 0 Å². The number of carbonyl (C=O) groups is 3. The van der Waals surface area contributed by atoms with Crippen LogP contribution in [0.25, 0.3) is 17.2 Å². The van der Waals surface area contributed by atoms with Crippen molar-refractivity contribution in [1.82, 2.24) is 10.2 Å². The Morgan fingerprint density at radius 1 is 0.925 bits per heavy atom. The molecule has 3 aromatic carbocycles. The zero-order chi connectivity index (χ0) is 28.3. The van der Waals surface area contributed by atoms with Crippen LogP contribution in [0.15, 0.2) is 77.7 Å². The molecule has 208 valence electrons. The molecule has 0 radical (unpaired) electrons. The third-order valence-electron chi connectivity index (χ3n) is 6.81. The summed E-state index contributed by atoms with van der Waals surface area (Å²) in [6.45, 7) is 3.09. The average Bonchev–Trinajstić information content (AvgIpc) is 3.28. The van der Waals surface area contributed by atoms with Crippen LogP contribution < -0.4 is 10.1 Å². The second kappa shape index (κ2) is 14.5. The largest absolute Gasteiger partial charge is 0.489 e. The van der Waals surface area contributed by atoms with Gasteiger partial charge in [-0.3, -0.25) is 19.7 Å². The van der Waals surface area contributed by atoms with Crippen molar-refractivity contribution >= 4 is 34.9 Å². The standard InChI is InChI=1S/C33H36N2O4S/c1-3-4-5-6-10-13-31(36)35(2)22-28-21-27(18-19-29(28)39-23-25-11-8-7-9-12-25)26-16-14-24(15-17-26)20-30-32(37)34-33(38)40-30/h7-9,11-12,14-21H,3-6,10,13,22-23H2,1-2H3,(H,34,37,38)/b30-20+. The monoisotopic (exact) mass is 556 g/mol. The molecule has 40 heavy (non-hydrogen) atoms. The first-order valence-corrected chi connectivity index (χ1v) is 14.6. The molecule has 0 aromatic heterocycles. The molecule has 0 unspecified atom stereocenters. The minimum atomic E-state index is -0.366. The molecule has 1 aliphatic rings. The van der Waals surface area contributed by atoms with Crippen LogP contribution in [0.3, 0.4) is 0 Å². The van der Waals surface area contributed by atoms with Crippen molar-refractivity contribution in [3.05, 3.63) is 94.4 Å². The predicted molar refractivity (Wildman–Crippen MR) is 162 cm³/mol. The maximum Gasteiger partial charge on any atom is 0.290 e. The first-order chi connectivity index (χ1) is 19.4. The lowest BCUT2D eigenvalue weighted by Gasteiger charge is -2.20. The van der Waals surface area contributed by atoms with E-state index in [4.69, 9.17) is 4.74 Å². The van der Waals surface area contributed by atoms with Crippen LogP contribution in [-0.4, -0.2) is 29.0 Å². The maximum atomic E-state index is 12.9. The number of amides is 3. The van der Waals surface area contributed by atoms with Crippen LogP contribution in [0.1, 0.15) is 62.1 Å². The SMILES string of the molecule is CCCCCCCC(=O)N(C)Cc1cc(-c2ccc(/C=C3/SC(=O)NC3=O)cc2)ccc1OCc1ccccc1. The van der Waals surface area contributed by atoms with Gasteiger partial charge in [0.1, 0.15) is 12.4 Å². The van der Waals surface area contributed by atoms with Crippen molar-refractivity contribution in [1.29, 1.82) is 0 Å². The molecule has 1 fully saturated rings. The molecule has 4 rings (SSSR count). The van der Waals surface area contributed by atoms with E-state index in [1.165, 1.54) is 19.3 Å². The number of carbonyl (C=O) groups excluding carboxylic acids is 3. The number of unbranched alkanes of at least 4 members (excludes halogenated alkanes) is 4. The molecule has 6 nitrogen and oxygen atoms in total. The van der Waals surface area contributed by atoms with E-state index >= 15 is 0 Å². The Morgan fingerprint density at radius 2 is 1.65 bits per heavy atom. The highest BCUT2D eigenvalue weighted by atomic mass is 32.2. The van der Waals surface area contributed by atoms with E-state index in [9.17, 15) is 14.4 Å². The van der Waals surface area contributed by atoms with E-state index in [1.54, 1.807) is 11.0 Å². The fourth-order valence-electron chi connectivity index (χ4n) is 4.52. The number of hydrogen-bond donors (Lipinski definition) is 1. The van der Waals surface area contributed by atoms with Gasteiger partial charge in [0.25, 0.3) is 11.1 Å². The van der Waals surface area contributed by atoms with Gasteiger partial charge >= 0.3 is 0 Å². The second-order valence-corrected chi connectivity index (χ2v) is 11.0. The van der Waals surface area contributed by atoms with Gasteiger partial charge in [0.2, 0.25) is 5.91 Å². The number of nitrogens with one attached hydrogen (secondary N) is 1. The minimum absolute atomic E-state index is 0.139. The van der Waals surface area contributed by atoms with E-state index < -0.39 is 0 Å². The first-order valence-electron chi connectivity index (χ1n) is 13.8. The molecule has 1 heterocycles. The molecule has 1 aliphatic heterocycles. The van der Waals surface area contributed by atoms with Gasteiger partial charge in [-0.25, -0.2) is 0 Å². The zero-order valence-electron chi connectivity index (χ0n) is 23.2. The highest BCUT2D eigenvalue weighted by Crippen LogP contribution is 2.30. The van der Waals surface area contributed by atoms with E-state index in [2.05, 4.69) is 18.3 Å². The molecule has 0 spiro atoms. The Balaban J connectivity index is 1.50. The van der Waals surface area contributed by atoms with Crippen LogP contribution in [0.4, 0.5) is 4.79 Å². The summed E-state index contributed by atoms with van der Waals surface area (Å²) < 4.78 is 6.22. The highest BCUT2D eigenvalue weighted by Gasteiger charge is 2.24. The number of thioether (sulfide) groups is 1. The molecule has 1 saturated heterocycles. The Bertz CT molecular complexity index is 1350. The maximum absolute atomic E-state index is 12.9. The van der Waals surface area contributed by atoms with Gasteiger partial charge in [-0.15, -0.1) is 0 Å². The number of nitrogens with zero attached hydrogens (tertiary/aromatic N) is 1. The quantitative estimate of drug-likeness (QED) is 0.174. The molecule has 3 aromatic rings. The molecule has 3 amide bonds. The summed E-state index contributed by atoms with van der Waals surface area (Å²) in [5.41, 5.74) is 4.87. The van der Waals surface area contributed by atoms with Crippen molar-refractivity contribution in [2.24, 2.45) is 0 Å². The topological polar surface area (TPSA) is 75.7 Å². The predicted octanol–water partition coefficient (Wildman–Crippen LogP) is 7.58. The number of benzene rings is 3. The number of ether oxygens (including phenoxy) is 1. The van der Waals surface area contributed by atoms with Gasteiger partial charge in [-0.2, -0.15) is 0 Å². The lowest BCUT2D eigenvalue weighted by molar-refractivity contribution is -0.130. The van der Waals surface area contributed by atoms with Gasteiger partial charge in [0.05, 0.1) is 4.91 Å². The molecule has 1 N–H and O–H groups in total. The van der Waals surface area contributed by atoms with Gasteiger partial charge in [0.15, 0.2) is 0 Å². The lowest BCUT2D eigenvalue weighted by Crippen LogP contribution is -2.26. The lowest BCUT2D eigenvalue weighted by atomic mass is 10.0. The van der Waals surface area contributed by atoms with Crippen LogP contribution in [0.5, 0.6) is 5.75 Å². The van der Waals surface area contributed by atoms with Crippen LogP contribution >= 0.6 is 11.8 Å². The first kappa shape index (κ1) is 29.2. The zero-order valence-corrected chi connectivity index (χ0v) is 24.0. The van der Waals surface area contributed by atoms with E-state index in [1.807, 2.05) is 73.8 Å². The van der Waals surface area contributed by atoms with Gasteiger partial charge < -0.3 is 9.64 Å². The average molecular weight is 557 g/mol. The Hall–Kier alpha value is -3.84. The summed E-state index contributed by atoms with van der Waals surface area (Å²) in [5, 5.41) is 1.92. The van der Waals surface area contributed by atoms with Crippen molar-refractivity contribution in [2.75, 3.05) is 7.05 Å². The van der Waals surface area contributed by atoms with E-state index in [0.29, 0.717) is 24.5 Å². The molecule has 0 aliphatic carbocycles. The van der Waals surface area contributed by atoms with Crippen LogP contribution in [0, 0.1) is 0 Å². The molecular formula is C33H36N2O4S. The number of imide groups is 1. The highest BCUT2D eigenvalue weighted by molar-refractivity contribution is 8.18. The summed E-state index contributed by atoms with van der Waals surface area (Å²) in [7, 11) is 1.85. The van der Waals surface area contributed by atoms with Crippen molar-refractivity contribution in [3.8, 4) is 16.9 Å². The van der Waals surface area contributed by atoms with Crippen LogP contribution in [0.2, 0.25) is 0 Å². The fourth-order valence-corrected chi connectivity index (χ4v) is 5.20. The third-order valence-corrected chi connectivity index (χ3v) is 7.62. The van der Waals surface area contributed by atoms with Crippen LogP contribution in [-0.2, 0) is 22.7 Å².